The first-order chi connectivity index (χ1) is 16.6. The molecular formula is C19H28N4O13. The van der Waals surface area contributed by atoms with E-state index in [4.69, 9.17) is 31.3 Å². The molecule has 0 radical (unpaired) electrons. The fourth-order valence-corrected chi connectivity index (χ4v) is 2.68. The van der Waals surface area contributed by atoms with Gasteiger partial charge in [0.2, 0.25) is 17.7 Å². The molecule has 0 saturated carbocycles. The van der Waals surface area contributed by atoms with Gasteiger partial charge >= 0.3 is 29.8 Å². The van der Waals surface area contributed by atoms with Crippen molar-refractivity contribution in [3.8, 4) is 0 Å². The van der Waals surface area contributed by atoms with Gasteiger partial charge in [0.1, 0.15) is 18.1 Å². The lowest BCUT2D eigenvalue weighted by molar-refractivity contribution is -0.147. The predicted molar refractivity (Wildman–Crippen MR) is 114 cm³/mol. The lowest BCUT2D eigenvalue weighted by Crippen LogP contribution is -2.57. The smallest absolute Gasteiger partial charge is 0.326 e. The van der Waals surface area contributed by atoms with Crippen molar-refractivity contribution in [2.45, 2.75) is 69.1 Å². The zero-order chi connectivity index (χ0) is 28.0. The lowest BCUT2D eigenvalue weighted by atomic mass is 10.1. The van der Waals surface area contributed by atoms with E-state index < -0.39 is 110 Å². The van der Waals surface area contributed by atoms with Crippen LogP contribution in [0.25, 0.3) is 0 Å². The molecule has 17 nitrogen and oxygen atoms in total. The zero-order valence-electron chi connectivity index (χ0n) is 18.8. The molecular weight excluding hydrogens is 492 g/mol. The Bertz CT molecular complexity index is 875. The van der Waals surface area contributed by atoms with Crippen LogP contribution in [0.15, 0.2) is 0 Å². The number of nitrogens with one attached hydrogen (secondary N) is 3. The SMILES string of the molecule is NC(CCC(=O)O)C(=O)NC(CCC(=O)O)C(=O)NC(CCC(=O)O)C(=O)NC(CC(=O)O)C(=O)O. The third-order valence-corrected chi connectivity index (χ3v) is 4.56. The van der Waals surface area contributed by atoms with Crippen LogP contribution in [-0.4, -0.2) is 97.3 Å². The molecule has 0 aromatic carbocycles. The Kier molecular flexibility index (Phi) is 13.7. The summed E-state index contributed by atoms with van der Waals surface area (Å²) >= 11 is 0. The number of carboxylic acids is 5. The quantitative estimate of drug-likeness (QED) is 0.0866. The van der Waals surface area contributed by atoms with E-state index in [-0.39, 0.29) is 6.42 Å². The first-order valence-electron chi connectivity index (χ1n) is 10.4. The van der Waals surface area contributed by atoms with Gasteiger partial charge < -0.3 is 47.2 Å². The van der Waals surface area contributed by atoms with Crippen LogP contribution in [0.2, 0.25) is 0 Å². The van der Waals surface area contributed by atoms with E-state index in [0.29, 0.717) is 0 Å². The topological polar surface area (TPSA) is 300 Å². The van der Waals surface area contributed by atoms with E-state index in [2.05, 4.69) is 10.6 Å². The maximum Gasteiger partial charge on any atom is 0.326 e. The fourth-order valence-electron chi connectivity index (χ4n) is 2.68. The largest absolute Gasteiger partial charge is 0.481 e. The Labute approximate surface area is 203 Å². The molecule has 4 atom stereocenters. The number of amides is 3. The van der Waals surface area contributed by atoms with Gasteiger partial charge in [-0.15, -0.1) is 0 Å². The van der Waals surface area contributed by atoms with E-state index in [1.165, 1.54) is 0 Å². The van der Waals surface area contributed by atoms with Crippen LogP contribution >= 0.6 is 0 Å². The van der Waals surface area contributed by atoms with E-state index >= 15 is 0 Å². The Morgan fingerprint density at radius 3 is 1.25 bits per heavy atom. The van der Waals surface area contributed by atoms with E-state index in [9.17, 15) is 38.4 Å². The Morgan fingerprint density at radius 1 is 0.528 bits per heavy atom. The summed E-state index contributed by atoms with van der Waals surface area (Å²) in [4.78, 5) is 92.1. The summed E-state index contributed by atoms with van der Waals surface area (Å²) in [6, 6.07) is -6.58. The number of nitrogens with two attached hydrogens (primary N) is 1. The summed E-state index contributed by atoms with van der Waals surface area (Å²) in [5.41, 5.74) is 5.57. The number of carbonyl (C=O) groups excluding carboxylic acids is 3. The van der Waals surface area contributed by atoms with Crippen molar-refractivity contribution < 1.29 is 63.9 Å². The molecule has 0 aromatic heterocycles. The normalized spacial score (nSPS) is 13.8. The van der Waals surface area contributed by atoms with Gasteiger partial charge in [-0.3, -0.25) is 33.6 Å². The highest BCUT2D eigenvalue weighted by Crippen LogP contribution is 2.06. The molecule has 0 rings (SSSR count). The highest BCUT2D eigenvalue weighted by molar-refractivity contribution is 5.95. The molecule has 0 spiro atoms. The van der Waals surface area contributed by atoms with Gasteiger partial charge in [-0.1, -0.05) is 0 Å². The van der Waals surface area contributed by atoms with Gasteiger partial charge in [-0.05, 0) is 19.3 Å². The predicted octanol–water partition coefficient (Wildman–Crippen LogP) is -3.08. The summed E-state index contributed by atoms with van der Waals surface area (Å²) in [6.07, 6.45) is -4.17. The summed E-state index contributed by atoms with van der Waals surface area (Å²) in [7, 11) is 0. The second-order valence-electron chi connectivity index (χ2n) is 7.52. The monoisotopic (exact) mass is 520 g/mol. The fraction of sp³-hybridized carbons (Fsp3) is 0.579. The lowest BCUT2D eigenvalue weighted by Gasteiger charge is -2.24. The molecule has 3 amide bonds. The molecule has 0 heterocycles. The van der Waals surface area contributed by atoms with Crippen LogP contribution < -0.4 is 21.7 Å². The molecule has 0 aliphatic carbocycles. The first-order valence-corrected chi connectivity index (χ1v) is 10.4. The molecule has 0 bridgehead atoms. The molecule has 4 unspecified atom stereocenters. The number of hydrogen-bond acceptors (Lipinski definition) is 9. The maximum atomic E-state index is 12.7. The van der Waals surface area contributed by atoms with Crippen LogP contribution in [0.3, 0.4) is 0 Å². The summed E-state index contributed by atoms with van der Waals surface area (Å²) < 4.78 is 0. The number of carboxylic acid groups (broad SMARTS) is 5. The van der Waals surface area contributed by atoms with Crippen molar-refractivity contribution in [2.75, 3.05) is 0 Å². The van der Waals surface area contributed by atoms with Crippen molar-refractivity contribution in [1.82, 2.24) is 16.0 Å². The van der Waals surface area contributed by atoms with E-state index in [0.717, 1.165) is 0 Å². The van der Waals surface area contributed by atoms with Gasteiger partial charge in [-0.2, -0.15) is 0 Å². The third-order valence-electron chi connectivity index (χ3n) is 4.56. The minimum atomic E-state index is -1.91. The van der Waals surface area contributed by atoms with Crippen molar-refractivity contribution in [2.24, 2.45) is 5.73 Å². The van der Waals surface area contributed by atoms with Crippen LogP contribution in [0.1, 0.15) is 44.9 Å². The molecule has 36 heavy (non-hydrogen) atoms. The van der Waals surface area contributed by atoms with Crippen molar-refractivity contribution in [3.05, 3.63) is 0 Å². The second-order valence-corrected chi connectivity index (χ2v) is 7.52. The van der Waals surface area contributed by atoms with Gasteiger partial charge in [-0.25, -0.2) is 4.79 Å². The molecule has 17 heteroatoms. The van der Waals surface area contributed by atoms with Gasteiger partial charge in [0.05, 0.1) is 12.5 Å². The first kappa shape index (κ1) is 31.7. The van der Waals surface area contributed by atoms with Crippen molar-refractivity contribution in [3.63, 3.8) is 0 Å². The summed E-state index contributed by atoms with van der Waals surface area (Å²) in [5.74, 6) is -10.6. The number of carbonyl (C=O) groups is 8. The maximum absolute atomic E-state index is 12.7. The molecule has 0 fully saturated rings. The van der Waals surface area contributed by atoms with Crippen LogP contribution in [0.4, 0.5) is 0 Å². The molecule has 202 valence electrons. The van der Waals surface area contributed by atoms with Crippen LogP contribution in [0.5, 0.6) is 0 Å². The van der Waals surface area contributed by atoms with E-state index in [1.54, 1.807) is 0 Å². The number of rotatable bonds is 18. The number of aliphatic carboxylic acids is 5. The molecule has 0 aliphatic heterocycles. The van der Waals surface area contributed by atoms with Gasteiger partial charge in [0, 0.05) is 19.3 Å². The van der Waals surface area contributed by atoms with Gasteiger partial charge in [0.25, 0.3) is 0 Å². The molecule has 0 aromatic rings. The summed E-state index contributed by atoms with van der Waals surface area (Å²) in [5, 5.41) is 50.4. The van der Waals surface area contributed by atoms with Gasteiger partial charge in [0.15, 0.2) is 0 Å². The number of hydrogen-bond donors (Lipinski definition) is 9. The zero-order valence-corrected chi connectivity index (χ0v) is 18.8. The van der Waals surface area contributed by atoms with Crippen molar-refractivity contribution in [1.29, 1.82) is 0 Å². The standard InChI is InChI=1S/C19H28N4O13/c20-8(1-4-12(24)25)16(32)21-9(2-5-13(26)27)17(33)22-10(3-6-14(28)29)18(34)23-11(19(35)36)7-15(30)31/h8-11H,1-7,20H2,(H,21,32)(H,22,33)(H,23,34)(H,24,25)(H,26,27)(H,28,29)(H,30,31)(H,35,36). The molecule has 10 N–H and O–H groups in total. The average Bonchev–Trinajstić information content (AvgIpc) is 2.75. The van der Waals surface area contributed by atoms with Crippen LogP contribution in [-0.2, 0) is 38.4 Å². The molecule has 0 aliphatic rings. The Hall–Kier alpha value is -4.28. The minimum absolute atomic E-state index is 0.307. The molecule has 0 saturated heterocycles. The minimum Gasteiger partial charge on any atom is -0.481 e. The third kappa shape index (κ3) is 13.4. The Morgan fingerprint density at radius 2 is 0.889 bits per heavy atom. The van der Waals surface area contributed by atoms with E-state index in [1.807, 2.05) is 5.32 Å². The average molecular weight is 520 g/mol. The highest BCUT2D eigenvalue weighted by atomic mass is 16.4. The second kappa shape index (κ2) is 15.6. The van der Waals surface area contributed by atoms with Crippen LogP contribution in [0, 0.1) is 0 Å². The summed E-state index contributed by atoms with van der Waals surface area (Å²) in [6.45, 7) is 0. The highest BCUT2D eigenvalue weighted by Gasteiger charge is 2.31. The van der Waals surface area contributed by atoms with Crippen molar-refractivity contribution >= 4 is 47.6 Å². The Balaban J connectivity index is 5.64.